The largest absolute Gasteiger partial charge is 0.396 e. The van der Waals surface area contributed by atoms with E-state index < -0.39 is 0 Å². The third kappa shape index (κ3) is 2.62. The highest BCUT2D eigenvalue weighted by Crippen LogP contribution is 2.19. The second-order valence-corrected chi connectivity index (χ2v) is 3.62. The minimum atomic E-state index is 0.145. The van der Waals surface area contributed by atoms with Crippen molar-refractivity contribution in [3.63, 3.8) is 0 Å². The molecular formula is C7H9ClN2OS. The number of aliphatic hydroxyl groups excluding tert-OH is 1. The van der Waals surface area contributed by atoms with Crippen molar-refractivity contribution in [2.45, 2.75) is 11.9 Å². The molecule has 1 aromatic heterocycles. The van der Waals surface area contributed by atoms with Crippen LogP contribution in [0, 0.1) is 6.92 Å². The average molecular weight is 205 g/mol. The molecule has 12 heavy (non-hydrogen) atoms. The van der Waals surface area contributed by atoms with Crippen LogP contribution in [-0.4, -0.2) is 27.4 Å². The number of aryl methyl sites for hydroxylation is 1. The van der Waals surface area contributed by atoms with Crippen LogP contribution in [-0.2, 0) is 0 Å². The lowest BCUT2D eigenvalue weighted by Crippen LogP contribution is -1.92. The molecule has 0 unspecified atom stereocenters. The van der Waals surface area contributed by atoms with Crippen LogP contribution in [0.2, 0.25) is 5.28 Å². The summed E-state index contributed by atoms with van der Waals surface area (Å²) in [7, 11) is 0. The summed E-state index contributed by atoms with van der Waals surface area (Å²) in [5.74, 6) is 0.633. The molecule has 0 aliphatic heterocycles. The van der Waals surface area contributed by atoms with Crippen LogP contribution < -0.4 is 0 Å². The van der Waals surface area contributed by atoms with Crippen LogP contribution in [0.25, 0.3) is 0 Å². The van der Waals surface area contributed by atoms with Crippen molar-refractivity contribution in [1.29, 1.82) is 0 Å². The summed E-state index contributed by atoms with van der Waals surface area (Å²) in [5, 5.41) is 9.68. The van der Waals surface area contributed by atoms with Gasteiger partial charge >= 0.3 is 0 Å². The predicted octanol–water partition coefficient (Wildman–Crippen LogP) is 1.52. The van der Waals surface area contributed by atoms with E-state index in [2.05, 4.69) is 9.97 Å². The lowest BCUT2D eigenvalue weighted by Gasteiger charge is -2.01. The van der Waals surface area contributed by atoms with Gasteiger partial charge in [-0.15, -0.1) is 11.8 Å². The third-order valence-corrected chi connectivity index (χ3v) is 2.48. The number of hydrogen-bond donors (Lipinski definition) is 1. The maximum atomic E-state index is 8.59. The Morgan fingerprint density at radius 1 is 1.67 bits per heavy atom. The van der Waals surface area contributed by atoms with Gasteiger partial charge in [-0.2, -0.15) is 0 Å². The van der Waals surface area contributed by atoms with Crippen LogP contribution in [0.15, 0.2) is 11.2 Å². The Hall–Kier alpha value is -0.320. The second kappa shape index (κ2) is 4.64. The molecule has 0 fully saturated rings. The molecule has 0 saturated carbocycles. The van der Waals surface area contributed by atoms with E-state index in [1.165, 1.54) is 11.8 Å². The average Bonchev–Trinajstić information content (AvgIpc) is 2.07. The molecule has 0 amide bonds. The summed E-state index contributed by atoms with van der Waals surface area (Å²) in [5.41, 5.74) is 0.984. The Labute approximate surface area is 80.2 Å². The van der Waals surface area contributed by atoms with E-state index in [1.54, 1.807) is 6.20 Å². The Balaban J connectivity index is 2.75. The number of halogens is 1. The van der Waals surface area contributed by atoms with E-state index in [4.69, 9.17) is 16.7 Å². The molecule has 66 valence electrons. The van der Waals surface area contributed by atoms with Crippen LogP contribution in [0.4, 0.5) is 0 Å². The minimum absolute atomic E-state index is 0.145. The van der Waals surface area contributed by atoms with E-state index >= 15 is 0 Å². The molecule has 0 aliphatic carbocycles. The van der Waals surface area contributed by atoms with Crippen molar-refractivity contribution in [3.05, 3.63) is 17.0 Å². The van der Waals surface area contributed by atoms with Crippen molar-refractivity contribution in [3.8, 4) is 0 Å². The smallest absolute Gasteiger partial charge is 0.223 e. The van der Waals surface area contributed by atoms with Crippen molar-refractivity contribution < 1.29 is 5.11 Å². The van der Waals surface area contributed by atoms with Gasteiger partial charge in [0.1, 0.15) is 5.03 Å². The van der Waals surface area contributed by atoms with Crippen LogP contribution >= 0.6 is 23.4 Å². The van der Waals surface area contributed by atoms with Gasteiger partial charge in [0.15, 0.2) is 0 Å². The first-order valence-corrected chi connectivity index (χ1v) is 4.83. The number of rotatable bonds is 3. The highest BCUT2D eigenvalue weighted by molar-refractivity contribution is 7.99. The van der Waals surface area contributed by atoms with Gasteiger partial charge in [-0.05, 0) is 24.1 Å². The fourth-order valence-corrected chi connectivity index (χ4v) is 1.59. The summed E-state index contributed by atoms with van der Waals surface area (Å²) in [6.07, 6.45) is 1.68. The van der Waals surface area contributed by atoms with Gasteiger partial charge in [-0.25, -0.2) is 9.97 Å². The number of thioether (sulfide) groups is 1. The van der Waals surface area contributed by atoms with Crippen molar-refractivity contribution in [1.82, 2.24) is 9.97 Å². The molecule has 0 aliphatic rings. The summed E-state index contributed by atoms with van der Waals surface area (Å²) in [4.78, 5) is 7.84. The van der Waals surface area contributed by atoms with Crippen LogP contribution in [0.5, 0.6) is 0 Å². The summed E-state index contributed by atoms with van der Waals surface area (Å²) < 4.78 is 0. The number of aliphatic hydroxyl groups is 1. The molecule has 1 aromatic rings. The molecule has 1 heterocycles. The molecule has 3 nitrogen and oxygen atoms in total. The Morgan fingerprint density at radius 3 is 3.08 bits per heavy atom. The fraction of sp³-hybridized carbons (Fsp3) is 0.429. The van der Waals surface area contributed by atoms with Crippen molar-refractivity contribution in [2.24, 2.45) is 0 Å². The minimum Gasteiger partial charge on any atom is -0.396 e. The molecule has 0 saturated heterocycles. The summed E-state index contributed by atoms with van der Waals surface area (Å²) in [6, 6.07) is 0. The summed E-state index contributed by atoms with van der Waals surface area (Å²) >= 11 is 7.07. The highest BCUT2D eigenvalue weighted by Gasteiger charge is 2.01. The molecule has 0 bridgehead atoms. The second-order valence-electron chi connectivity index (χ2n) is 2.20. The van der Waals surface area contributed by atoms with Gasteiger partial charge in [0.05, 0.1) is 6.61 Å². The SMILES string of the molecule is Cc1cnc(Cl)nc1SCCO. The molecule has 0 radical (unpaired) electrons. The lowest BCUT2D eigenvalue weighted by molar-refractivity contribution is 0.322. The quantitative estimate of drug-likeness (QED) is 0.461. The molecule has 0 spiro atoms. The standard InChI is InChI=1S/C7H9ClN2OS/c1-5-4-9-7(8)10-6(5)12-3-2-11/h4,11H,2-3H2,1H3. The zero-order valence-corrected chi connectivity index (χ0v) is 8.19. The Kier molecular flexibility index (Phi) is 3.78. The third-order valence-electron chi connectivity index (χ3n) is 1.23. The van der Waals surface area contributed by atoms with Crippen LogP contribution in [0.1, 0.15) is 5.56 Å². The molecule has 5 heteroatoms. The molecule has 0 aromatic carbocycles. The zero-order chi connectivity index (χ0) is 8.97. The lowest BCUT2D eigenvalue weighted by atomic mass is 10.4. The van der Waals surface area contributed by atoms with E-state index in [9.17, 15) is 0 Å². The Morgan fingerprint density at radius 2 is 2.42 bits per heavy atom. The maximum absolute atomic E-state index is 8.59. The van der Waals surface area contributed by atoms with E-state index in [0.29, 0.717) is 5.75 Å². The number of hydrogen-bond acceptors (Lipinski definition) is 4. The van der Waals surface area contributed by atoms with Crippen molar-refractivity contribution in [2.75, 3.05) is 12.4 Å². The van der Waals surface area contributed by atoms with Gasteiger partial charge < -0.3 is 5.11 Å². The number of nitrogens with zero attached hydrogens (tertiary/aromatic N) is 2. The maximum Gasteiger partial charge on any atom is 0.223 e. The first-order chi connectivity index (χ1) is 5.74. The van der Waals surface area contributed by atoms with Gasteiger partial charge in [-0.1, -0.05) is 0 Å². The van der Waals surface area contributed by atoms with E-state index in [-0.39, 0.29) is 11.9 Å². The van der Waals surface area contributed by atoms with Crippen LogP contribution in [0.3, 0.4) is 0 Å². The van der Waals surface area contributed by atoms with Gasteiger partial charge in [0.25, 0.3) is 0 Å². The van der Waals surface area contributed by atoms with Gasteiger partial charge in [0.2, 0.25) is 5.28 Å². The highest BCUT2D eigenvalue weighted by atomic mass is 35.5. The number of aromatic nitrogens is 2. The zero-order valence-electron chi connectivity index (χ0n) is 6.62. The monoisotopic (exact) mass is 204 g/mol. The predicted molar refractivity (Wildman–Crippen MR) is 49.6 cm³/mol. The first kappa shape index (κ1) is 9.77. The molecule has 1 rings (SSSR count). The van der Waals surface area contributed by atoms with E-state index in [0.717, 1.165) is 10.6 Å². The fourth-order valence-electron chi connectivity index (χ4n) is 0.695. The topological polar surface area (TPSA) is 46.0 Å². The summed E-state index contributed by atoms with van der Waals surface area (Å²) in [6.45, 7) is 2.06. The molecule has 1 N–H and O–H groups in total. The first-order valence-electron chi connectivity index (χ1n) is 3.47. The van der Waals surface area contributed by atoms with E-state index in [1.807, 2.05) is 6.92 Å². The normalized spacial score (nSPS) is 10.2. The molecule has 0 atom stereocenters. The van der Waals surface area contributed by atoms with Crippen molar-refractivity contribution >= 4 is 23.4 Å². The van der Waals surface area contributed by atoms with Gasteiger partial charge in [0, 0.05) is 11.9 Å². The molecular weight excluding hydrogens is 196 g/mol. The van der Waals surface area contributed by atoms with Gasteiger partial charge in [-0.3, -0.25) is 0 Å². The Bertz CT molecular complexity index is 270.